The molecule has 6 heteroatoms. The van der Waals surface area contributed by atoms with Crippen LogP contribution in [0.15, 0.2) is 53.2 Å². The van der Waals surface area contributed by atoms with Crippen molar-refractivity contribution in [1.29, 1.82) is 0 Å². The number of nitrogens with zero attached hydrogens (tertiary/aromatic N) is 5. The monoisotopic (exact) mass is 349 g/mol. The number of aryl methyl sites for hydroxylation is 1. The van der Waals surface area contributed by atoms with Gasteiger partial charge in [0.2, 0.25) is 11.7 Å². The molecule has 26 heavy (non-hydrogen) atoms. The Kier molecular flexibility index (Phi) is 4.93. The maximum Gasteiger partial charge on any atom is 0.241 e. The molecule has 0 unspecified atom stereocenters. The average molecular weight is 349 g/mol. The fourth-order valence-corrected chi connectivity index (χ4v) is 3.40. The van der Waals surface area contributed by atoms with Crippen molar-refractivity contribution in [3.8, 4) is 11.5 Å². The Bertz CT molecular complexity index is 848. The molecule has 0 aliphatic carbocycles. The number of pyridine rings is 1. The lowest BCUT2D eigenvalue weighted by atomic mass is 10.2. The quantitative estimate of drug-likeness (QED) is 0.721. The zero-order valence-electron chi connectivity index (χ0n) is 15.0. The second-order valence-electron chi connectivity index (χ2n) is 6.63. The van der Waals surface area contributed by atoms with Gasteiger partial charge in [-0.05, 0) is 37.1 Å². The zero-order valence-corrected chi connectivity index (χ0v) is 15.0. The van der Waals surface area contributed by atoms with Gasteiger partial charge in [0.05, 0.1) is 6.54 Å². The van der Waals surface area contributed by atoms with Crippen molar-refractivity contribution in [2.24, 2.45) is 0 Å². The molecule has 6 nitrogen and oxygen atoms in total. The molecular formula is C20H23N5O. The lowest BCUT2D eigenvalue weighted by Crippen LogP contribution is -2.30. The Morgan fingerprint density at radius 1 is 1.00 bits per heavy atom. The van der Waals surface area contributed by atoms with Gasteiger partial charge < -0.3 is 9.42 Å². The van der Waals surface area contributed by atoms with E-state index >= 15 is 0 Å². The van der Waals surface area contributed by atoms with E-state index in [1.807, 2.05) is 18.2 Å². The molecule has 0 spiro atoms. The lowest BCUT2D eigenvalue weighted by molar-refractivity contribution is 0.239. The van der Waals surface area contributed by atoms with Crippen molar-refractivity contribution in [2.45, 2.75) is 19.9 Å². The van der Waals surface area contributed by atoms with E-state index < -0.39 is 0 Å². The first-order valence-electron chi connectivity index (χ1n) is 9.06. The number of aromatic nitrogens is 3. The maximum absolute atomic E-state index is 5.44. The van der Waals surface area contributed by atoms with Crippen LogP contribution in [-0.4, -0.2) is 46.2 Å². The Balaban J connectivity index is 1.39. The first kappa shape index (κ1) is 16.7. The predicted octanol–water partition coefficient (Wildman–Crippen LogP) is 3.15. The molecule has 1 aliphatic rings. The minimum Gasteiger partial charge on any atom is -0.370 e. The van der Waals surface area contributed by atoms with Crippen LogP contribution in [0.4, 0.5) is 5.69 Å². The minimum absolute atomic E-state index is 0.553. The highest BCUT2D eigenvalue weighted by atomic mass is 16.5. The van der Waals surface area contributed by atoms with E-state index in [2.05, 4.69) is 56.1 Å². The van der Waals surface area contributed by atoms with Crippen molar-refractivity contribution >= 4 is 5.69 Å². The standard InChI is InChI=1S/C20H23N5O/c1-16-7-2-3-9-18(16)25-12-6-11-24(13-14-25)15-19-22-20(23-26-19)17-8-4-5-10-21-17/h2-5,7-10H,6,11-15H2,1H3. The van der Waals surface area contributed by atoms with Crippen molar-refractivity contribution in [3.05, 3.63) is 60.1 Å². The van der Waals surface area contributed by atoms with Crippen molar-refractivity contribution in [1.82, 2.24) is 20.0 Å². The molecule has 3 heterocycles. The molecule has 0 radical (unpaired) electrons. The highest BCUT2D eigenvalue weighted by molar-refractivity contribution is 5.53. The van der Waals surface area contributed by atoms with E-state index in [4.69, 9.17) is 4.52 Å². The summed E-state index contributed by atoms with van der Waals surface area (Å²) in [7, 11) is 0. The summed E-state index contributed by atoms with van der Waals surface area (Å²) >= 11 is 0. The SMILES string of the molecule is Cc1ccccc1N1CCCN(Cc2nc(-c3ccccn3)no2)CC1. The molecule has 134 valence electrons. The highest BCUT2D eigenvalue weighted by Gasteiger charge is 2.19. The molecule has 0 N–H and O–H groups in total. The summed E-state index contributed by atoms with van der Waals surface area (Å²) in [6, 6.07) is 14.3. The first-order valence-corrected chi connectivity index (χ1v) is 9.06. The normalized spacial score (nSPS) is 15.8. The van der Waals surface area contributed by atoms with E-state index in [9.17, 15) is 0 Å². The Morgan fingerprint density at radius 3 is 2.73 bits per heavy atom. The van der Waals surface area contributed by atoms with E-state index in [1.54, 1.807) is 6.20 Å². The van der Waals surface area contributed by atoms with Crippen molar-refractivity contribution in [3.63, 3.8) is 0 Å². The fourth-order valence-electron chi connectivity index (χ4n) is 3.40. The summed E-state index contributed by atoms with van der Waals surface area (Å²) in [5.74, 6) is 1.20. The molecule has 1 aromatic carbocycles. The molecule has 2 aromatic heterocycles. The number of anilines is 1. The number of hydrogen-bond donors (Lipinski definition) is 0. The Hall–Kier alpha value is -2.73. The predicted molar refractivity (Wildman–Crippen MR) is 101 cm³/mol. The topological polar surface area (TPSA) is 58.3 Å². The van der Waals surface area contributed by atoms with Gasteiger partial charge in [-0.15, -0.1) is 0 Å². The van der Waals surface area contributed by atoms with E-state index in [0.717, 1.165) is 38.3 Å². The third-order valence-corrected chi connectivity index (χ3v) is 4.77. The Labute approximate surface area is 153 Å². The van der Waals surface area contributed by atoms with Crippen LogP contribution in [0.3, 0.4) is 0 Å². The summed E-state index contributed by atoms with van der Waals surface area (Å²) < 4.78 is 5.44. The summed E-state index contributed by atoms with van der Waals surface area (Å²) in [6.07, 6.45) is 2.86. The van der Waals surface area contributed by atoms with Crippen molar-refractivity contribution < 1.29 is 4.52 Å². The van der Waals surface area contributed by atoms with E-state index in [1.165, 1.54) is 11.3 Å². The molecule has 0 saturated carbocycles. The maximum atomic E-state index is 5.44. The Morgan fingerprint density at radius 2 is 1.88 bits per heavy atom. The summed E-state index contributed by atoms with van der Waals surface area (Å²) in [4.78, 5) is 13.6. The largest absolute Gasteiger partial charge is 0.370 e. The number of rotatable bonds is 4. The zero-order chi connectivity index (χ0) is 17.8. The number of hydrogen-bond acceptors (Lipinski definition) is 6. The minimum atomic E-state index is 0.553. The molecule has 1 saturated heterocycles. The number of benzene rings is 1. The van der Waals surface area contributed by atoms with Crippen LogP contribution in [0.25, 0.3) is 11.5 Å². The van der Waals surface area contributed by atoms with Gasteiger partial charge in [-0.1, -0.05) is 29.4 Å². The highest BCUT2D eigenvalue weighted by Crippen LogP contribution is 2.21. The van der Waals surface area contributed by atoms with Crippen LogP contribution < -0.4 is 4.90 Å². The molecule has 0 amide bonds. The van der Waals surface area contributed by atoms with Gasteiger partial charge in [0.1, 0.15) is 5.69 Å². The van der Waals surface area contributed by atoms with Crippen molar-refractivity contribution in [2.75, 3.05) is 31.1 Å². The van der Waals surface area contributed by atoms with Gasteiger partial charge in [-0.25, -0.2) is 0 Å². The molecule has 3 aromatic rings. The van der Waals surface area contributed by atoms with Gasteiger partial charge in [0.15, 0.2) is 0 Å². The average Bonchev–Trinajstić information content (AvgIpc) is 3.02. The summed E-state index contributed by atoms with van der Waals surface area (Å²) in [5.41, 5.74) is 3.41. The fraction of sp³-hybridized carbons (Fsp3) is 0.350. The third-order valence-electron chi connectivity index (χ3n) is 4.77. The van der Waals surface area contributed by atoms with Crippen LogP contribution in [-0.2, 0) is 6.54 Å². The smallest absolute Gasteiger partial charge is 0.241 e. The van der Waals surface area contributed by atoms with E-state index in [-0.39, 0.29) is 0 Å². The second-order valence-corrected chi connectivity index (χ2v) is 6.63. The van der Waals surface area contributed by atoms with Crippen LogP contribution >= 0.6 is 0 Å². The van der Waals surface area contributed by atoms with Gasteiger partial charge in [0.25, 0.3) is 0 Å². The molecular weight excluding hydrogens is 326 g/mol. The molecule has 1 fully saturated rings. The first-order chi connectivity index (χ1) is 12.8. The van der Waals surface area contributed by atoms with Crippen LogP contribution in [0.2, 0.25) is 0 Å². The summed E-state index contributed by atoms with van der Waals surface area (Å²) in [5, 5.41) is 4.06. The molecule has 0 bridgehead atoms. The second kappa shape index (κ2) is 7.66. The van der Waals surface area contributed by atoms with Crippen LogP contribution in [0.1, 0.15) is 17.9 Å². The van der Waals surface area contributed by atoms with Crippen LogP contribution in [0, 0.1) is 6.92 Å². The van der Waals surface area contributed by atoms with E-state index in [0.29, 0.717) is 18.3 Å². The van der Waals surface area contributed by atoms with Crippen LogP contribution in [0.5, 0.6) is 0 Å². The molecule has 4 rings (SSSR count). The summed E-state index contributed by atoms with van der Waals surface area (Å²) in [6.45, 7) is 6.95. The van der Waals surface area contributed by atoms with Gasteiger partial charge in [0, 0.05) is 38.1 Å². The third kappa shape index (κ3) is 3.75. The van der Waals surface area contributed by atoms with Gasteiger partial charge in [-0.2, -0.15) is 4.98 Å². The number of para-hydroxylation sites is 1. The molecule has 0 atom stereocenters. The van der Waals surface area contributed by atoms with Gasteiger partial charge in [-0.3, -0.25) is 9.88 Å². The molecule has 1 aliphatic heterocycles. The van der Waals surface area contributed by atoms with Gasteiger partial charge >= 0.3 is 0 Å². The lowest BCUT2D eigenvalue weighted by Gasteiger charge is -2.24.